The minimum absolute atomic E-state index is 0.00443. The summed E-state index contributed by atoms with van der Waals surface area (Å²) < 4.78 is 5.02. The van der Waals surface area contributed by atoms with E-state index < -0.39 is 0 Å². The van der Waals surface area contributed by atoms with Crippen LogP contribution in [0.2, 0.25) is 0 Å². The Labute approximate surface area is 101 Å². The zero-order valence-electron chi connectivity index (χ0n) is 9.33. The standard InChI is InChI=1S/C12H16ClNO2/c1-16-9-10-4-2-5-11(8-10)14-12(15)6-3-7-13/h2,4-5,8H,3,6-7,9H2,1H3,(H,14,15). The monoisotopic (exact) mass is 241 g/mol. The lowest BCUT2D eigenvalue weighted by molar-refractivity contribution is -0.116. The van der Waals surface area contributed by atoms with Crippen molar-refractivity contribution in [3.63, 3.8) is 0 Å². The predicted octanol–water partition coefficient (Wildman–Crippen LogP) is 2.79. The van der Waals surface area contributed by atoms with Gasteiger partial charge in [0.2, 0.25) is 5.91 Å². The van der Waals surface area contributed by atoms with Crippen molar-refractivity contribution in [3.05, 3.63) is 29.8 Å². The van der Waals surface area contributed by atoms with Crippen LogP contribution in [0.25, 0.3) is 0 Å². The van der Waals surface area contributed by atoms with Gasteiger partial charge in [0.05, 0.1) is 6.61 Å². The van der Waals surface area contributed by atoms with E-state index in [9.17, 15) is 4.79 Å². The van der Waals surface area contributed by atoms with E-state index in [0.717, 1.165) is 11.3 Å². The summed E-state index contributed by atoms with van der Waals surface area (Å²) in [5, 5.41) is 2.82. The first-order valence-electron chi connectivity index (χ1n) is 5.20. The molecule has 0 atom stereocenters. The van der Waals surface area contributed by atoms with Crippen LogP contribution < -0.4 is 5.32 Å². The molecule has 0 saturated carbocycles. The number of carbonyl (C=O) groups excluding carboxylic acids is 1. The predicted molar refractivity (Wildman–Crippen MR) is 65.7 cm³/mol. The molecule has 1 aromatic carbocycles. The van der Waals surface area contributed by atoms with Crippen LogP contribution in [0, 0.1) is 0 Å². The quantitative estimate of drug-likeness (QED) is 0.778. The second-order valence-corrected chi connectivity index (χ2v) is 3.85. The number of amides is 1. The third-order valence-corrected chi connectivity index (χ3v) is 2.33. The maximum Gasteiger partial charge on any atom is 0.224 e. The summed E-state index contributed by atoms with van der Waals surface area (Å²) in [7, 11) is 1.64. The number of alkyl halides is 1. The minimum Gasteiger partial charge on any atom is -0.380 e. The van der Waals surface area contributed by atoms with Crippen molar-refractivity contribution < 1.29 is 9.53 Å². The lowest BCUT2D eigenvalue weighted by atomic mass is 10.2. The fourth-order valence-electron chi connectivity index (χ4n) is 1.36. The highest BCUT2D eigenvalue weighted by Gasteiger charge is 2.02. The van der Waals surface area contributed by atoms with Crippen LogP contribution in [0.5, 0.6) is 0 Å². The molecule has 0 aliphatic carbocycles. The van der Waals surface area contributed by atoms with Crippen LogP contribution in [0.3, 0.4) is 0 Å². The number of carbonyl (C=O) groups is 1. The Morgan fingerprint density at radius 2 is 2.31 bits per heavy atom. The summed E-state index contributed by atoms with van der Waals surface area (Å²) in [4.78, 5) is 11.4. The van der Waals surface area contributed by atoms with Crippen molar-refractivity contribution >= 4 is 23.2 Å². The largest absolute Gasteiger partial charge is 0.380 e. The summed E-state index contributed by atoms with van der Waals surface area (Å²) in [6.45, 7) is 0.547. The van der Waals surface area contributed by atoms with Gasteiger partial charge in [0, 0.05) is 25.1 Å². The zero-order valence-corrected chi connectivity index (χ0v) is 10.1. The van der Waals surface area contributed by atoms with Crippen LogP contribution >= 0.6 is 11.6 Å². The van der Waals surface area contributed by atoms with Gasteiger partial charge >= 0.3 is 0 Å². The molecule has 0 heterocycles. The second-order valence-electron chi connectivity index (χ2n) is 3.47. The van der Waals surface area contributed by atoms with Crippen molar-refractivity contribution in [3.8, 4) is 0 Å². The molecule has 0 spiro atoms. The Morgan fingerprint density at radius 3 is 3.00 bits per heavy atom. The molecule has 0 fully saturated rings. The molecular formula is C12H16ClNO2. The molecule has 3 nitrogen and oxygen atoms in total. The van der Waals surface area contributed by atoms with E-state index in [1.54, 1.807) is 7.11 Å². The lowest BCUT2D eigenvalue weighted by Gasteiger charge is -2.06. The van der Waals surface area contributed by atoms with E-state index >= 15 is 0 Å². The molecule has 0 aliphatic rings. The summed E-state index contributed by atoms with van der Waals surface area (Å²) >= 11 is 5.52. The Bertz CT molecular complexity index is 342. The van der Waals surface area contributed by atoms with Crippen LogP contribution in [0.15, 0.2) is 24.3 Å². The Kier molecular flexibility index (Phi) is 5.90. The molecular weight excluding hydrogens is 226 g/mol. The highest BCUT2D eigenvalue weighted by molar-refractivity contribution is 6.18. The number of nitrogens with one attached hydrogen (secondary N) is 1. The number of hydrogen-bond acceptors (Lipinski definition) is 2. The fraction of sp³-hybridized carbons (Fsp3) is 0.417. The van der Waals surface area contributed by atoms with Crippen LogP contribution in [-0.2, 0) is 16.1 Å². The van der Waals surface area contributed by atoms with Crippen molar-refractivity contribution in [2.24, 2.45) is 0 Å². The zero-order chi connectivity index (χ0) is 11.8. The average molecular weight is 242 g/mol. The molecule has 0 radical (unpaired) electrons. The van der Waals surface area contributed by atoms with Crippen LogP contribution in [-0.4, -0.2) is 18.9 Å². The molecule has 4 heteroatoms. The summed E-state index contributed by atoms with van der Waals surface area (Å²) in [6.07, 6.45) is 1.16. The molecule has 1 amide bonds. The van der Waals surface area contributed by atoms with E-state index in [2.05, 4.69) is 5.32 Å². The number of anilines is 1. The molecule has 16 heavy (non-hydrogen) atoms. The van der Waals surface area contributed by atoms with Crippen molar-refractivity contribution in [2.75, 3.05) is 18.3 Å². The maximum absolute atomic E-state index is 11.4. The topological polar surface area (TPSA) is 38.3 Å². The van der Waals surface area contributed by atoms with Gasteiger partial charge in [-0.05, 0) is 24.1 Å². The molecule has 0 unspecified atom stereocenters. The molecule has 0 aliphatic heterocycles. The highest BCUT2D eigenvalue weighted by Crippen LogP contribution is 2.12. The van der Waals surface area contributed by atoms with E-state index in [1.807, 2.05) is 24.3 Å². The molecule has 88 valence electrons. The van der Waals surface area contributed by atoms with Crippen LogP contribution in [0.1, 0.15) is 18.4 Å². The van der Waals surface area contributed by atoms with Crippen molar-refractivity contribution in [1.29, 1.82) is 0 Å². The number of halogens is 1. The third kappa shape index (κ3) is 4.64. The van der Waals surface area contributed by atoms with Crippen molar-refractivity contribution in [1.82, 2.24) is 0 Å². The van der Waals surface area contributed by atoms with Gasteiger partial charge in [0.15, 0.2) is 0 Å². The van der Waals surface area contributed by atoms with Gasteiger partial charge in [-0.1, -0.05) is 12.1 Å². The summed E-state index contributed by atoms with van der Waals surface area (Å²) in [6, 6.07) is 7.61. The van der Waals surface area contributed by atoms with E-state index in [4.69, 9.17) is 16.3 Å². The number of ether oxygens (including phenoxy) is 1. The smallest absolute Gasteiger partial charge is 0.224 e. The number of hydrogen-bond donors (Lipinski definition) is 1. The third-order valence-electron chi connectivity index (χ3n) is 2.06. The normalized spacial score (nSPS) is 10.1. The Hall–Kier alpha value is -1.06. The Balaban J connectivity index is 2.52. The van der Waals surface area contributed by atoms with Crippen LogP contribution in [0.4, 0.5) is 5.69 Å². The van der Waals surface area contributed by atoms with Gasteiger partial charge in [0.25, 0.3) is 0 Å². The lowest BCUT2D eigenvalue weighted by Crippen LogP contribution is -2.11. The SMILES string of the molecule is COCc1cccc(NC(=O)CCCCl)c1. The van der Waals surface area contributed by atoms with E-state index in [-0.39, 0.29) is 5.91 Å². The van der Waals surface area contributed by atoms with Gasteiger partial charge in [-0.15, -0.1) is 11.6 Å². The number of rotatable bonds is 6. The molecule has 0 saturated heterocycles. The van der Waals surface area contributed by atoms with Gasteiger partial charge in [-0.3, -0.25) is 4.79 Å². The summed E-state index contributed by atoms with van der Waals surface area (Å²) in [5.41, 5.74) is 1.84. The molecule has 0 aromatic heterocycles. The van der Waals surface area contributed by atoms with Crippen molar-refractivity contribution in [2.45, 2.75) is 19.4 Å². The summed E-state index contributed by atoms with van der Waals surface area (Å²) in [5.74, 6) is 0.507. The molecule has 0 bridgehead atoms. The first-order chi connectivity index (χ1) is 7.76. The minimum atomic E-state index is -0.00443. The average Bonchev–Trinajstić information content (AvgIpc) is 2.27. The van der Waals surface area contributed by atoms with Gasteiger partial charge in [0.1, 0.15) is 0 Å². The highest BCUT2D eigenvalue weighted by atomic mass is 35.5. The second kappa shape index (κ2) is 7.25. The van der Waals surface area contributed by atoms with Gasteiger partial charge < -0.3 is 10.1 Å². The first kappa shape index (κ1) is 13.0. The number of methoxy groups -OCH3 is 1. The first-order valence-corrected chi connectivity index (χ1v) is 5.73. The maximum atomic E-state index is 11.4. The van der Waals surface area contributed by atoms with E-state index in [1.165, 1.54) is 0 Å². The van der Waals surface area contributed by atoms with Gasteiger partial charge in [-0.2, -0.15) is 0 Å². The fourth-order valence-corrected chi connectivity index (χ4v) is 1.49. The molecule has 1 rings (SSSR count). The molecule has 1 N–H and O–H groups in total. The van der Waals surface area contributed by atoms with E-state index in [0.29, 0.717) is 25.3 Å². The van der Waals surface area contributed by atoms with Gasteiger partial charge in [-0.25, -0.2) is 0 Å². The molecule has 1 aromatic rings. The number of benzene rings is 1. The Morgan fingerprint density at radius 1 is 1.50 bits per heavy atom.